The van der Waals surface area contributed by atoms with Gasteiger partial charge in [-0.15, -0.1) is 0 Å². The first-order valence-electron chi connectivity index (χ1n) is 9.01. The molecule has 2 aliphatic heterocycles. The summed E-state index contributed by atoms with van der Waals surface area (Å²) in [6.45, 7) is -0.966. The number of hydrogen-bond acceptors (Lipinski definition) is 14. The summed E-state index contributed by atoms with van der Waals surface area (Å²) in [5.74, 6) is -1.55. The van der Waals surface area contributed by atoms with Gasteiger partial charge in [0.05, 0.1) is 13.7 Å². The van der Waals surface area contributed by atoms with Gasteiger partial charge in [-0.2, -0.15) is 8.42 Å². The van der Waals surface area contributed by atoms with Crippen LogP contribution in [0.2, 0.25) is 0 Å². The Hall–Kier alpha value is -1.51. The van der Waals surface area contributed by atoms with E-state index in [0.29, 0.717) is 0 Å². The van der Waals surface area contributed by atoms with Crippen LogP contribution in [-0.4, -0.2) is 133 Å². The maximum atomic E-state index is 11.5. The number of rotatable bonds is 9. The van der Waals surface area contributed by atoms with Crippen LogP contribution in [0.4, 0.5) is 0 Å². The molecule has 0 aliphatic carbocycles. The highest BCUT2D eigenvalue weighted by atomic mass is 32.3. The smallest absolute Gasteiger partial charge is 0.397 e. The molecule has 10 unspecified atom stereocenters. The van der Waals surface area contributed by atoms with E-state index in [-0.39, 0.29) is 0 Å². The molecule has 2 aliphatic rings. The number of carbonyl (C=O) groups is 1. The summed E-state index contributed by atoms with van der Waals surface area (Å²) in [6, 6.07) is -1.44. The van der Waals surface area contributed by atoms with Gasteiger partial charge in [-0.3, -0.25) is 4.55 Å². The van der Waals surface area contributed by atoms with Crippen molar-refractivity contribution in [3.05, 3.63) is 0 Å². The van der Waals surface area contributed by atoms with E-state index in [2.05, 4.69) is 13.9 Å². The Labute approximate surface area is 181 Å². The molecule has 2 saturated heterocycles. The lowest BCUT2D eigenvalue weighted by atomic mass is 9.96. The first-order chi connectivity index (χ1) is 14.9. The van der Waals surface area contributed by atoms with E-state index in [1.807, 2.05) is 0 Å². The van der Waals surface area contributed by atoms with E-state index in [9.17, 15) is 38.7 Å². The Bertz CT molecular complexity index is 762. The quantitative estimate of drug-likeness (QED) is 0.102. The number of hydrogen-bond donors (Lipinski definition) is 6. The molecule has 0 aromatic carbocycles. The summed E-state index contributed by atoms with van der Waals surface area (Å²) in [4.78, 5) is 15.2. The minimum Gasteiger partial charge on any atom is -0.487 e. The van der Waals surface area contributed by atoms with Crippen LogP contribution in [0.5, 0.6) is 0 Å². The van der Waals surface area contributed by atoms with Crippen LogP contribution in [0.25, 0.3) is 0 Å². The maximum absolute atomic E-state index is 11.5. The molecule has 16 nitrogen and oxygen atoms in total. The van der Waals surface area contributed by atoms with Gasteiger partial charge in [-0.1, -0.05) is 0 Å². The molecule has 0 spiro atoms. The highest BCUT2D eigenvalue weighted by molar-refractivity contribution is 7.80. The third-order valence-corrected chi connectivity index (χ3v) is 5.16. The largest absolute Gasteiger partial charge is 0.487 e. The van der Waals surface area contributed by atoms with Crippen molar-refractivity contribution in [2.75, 3.05) is 20.8 Å². The van der Waals surface area contributed by atoms with Crippen LogP contribution in [-0.2, 0) is 43.1 Å². The monoisotopic (exact) mass is 491 g/mol. The van der Waals surface area contributed by atoms with Crippen molar-refractivity contribution in [2.45, 2.75) is 61.3 Å². The van der Waals surface area contributed by atoms with Gasteiger partial charge in [0.2, 0.25) is 0 Å². The minimum atomic E-state index is -4.96. The van der Waals surface area contributed by atoms with Gasteiger partial charge in [0, 0.05) is 7.11 Å². The standard InChI is InChI=1S/C15H25NO15S/c1-26-4-16-6-7(17)10(5(29-14(6)22)3-28-32(23,24)25)30-15-9(19)8(18)11(27-2)12(31-15)13(20)21/h4-12,14-15,17-19,22H,3H2,1-2H3,(H,20,21)(H,23,24,25). The lowest BCUT2D eigenvalue weighted by Crippen LogP contribution is -2.65. The number of nitrogens with zero attached hydrogens (tertiary/aromatic N) is 1. The Kier molecular flexibility index (Phi) is 9.25. The van der Waals surface area contributed by atoms with Gasteiger partial charge < -0.3 is 49.2 Å². The SMILES string of the molecule is COC=NC1C(O)OC(COS(=O)(=O)O)C(OC2OC(C(=O)O)C(OC)C(O)C2O)C1O. The summed E-state index contributed by atoms with van der Waals surface area (Å²) < 4.78 is 60.1. The molecule has 2 rings (SSSR count). The van der Waals surface area contributed by atoms with Gasteiger partial charge in [-0.05, 0) is 0 Å². The van der Waals surface area contributed by atoms with Crippen LogP contribution in [0.15, 0.2) is 4.99 Å². The molecule has 32 heavy (non-hydrogen) atoms. The lowest BCUT2D eigenvalue weighted by molar-refractivity contribution is -0.340. The zero-order chi connectivity index (χ0) is 24.2. The van der Waals surface area contributed by atoms with E-state index < -0.39 is 84.3 Å². The van der Waals surface area contributed by atoms with Crippen LogP contribution >= 0.6 is 0 Å². The van der Waals surface area contributed by atoms with Gasteiger partial charge in [0.1, 0.15) is 42.7 Å². The fraction of sp³-hybridized carbons (Fsp3) is 0.867. The molecule has 0 aromatic heterocycles. The molecule has 6 N–H and O–H groups in total. The third-order valence-electron chi connectivity index (χ3n) is 4.73. The van der Waals surface area contributed by atoms with Crippen LogP contribution in [0.3, 0.4) is 0 Å². The topological polar surface area (TPSA) is 240 Å². The molecule has 0 aromatic rings. The molecule has 0 amide bonds. The second-order valence-electron chi connectivity index (χ2n) is 6.79. The molecule has 17 heteroatoms. The van der Waals surface area contributed by atoms with Crippen molar-refractivity contribution >= 4 is 22.8 Å². The molecule has 0 saturated carbocycles. The predicted octanol–water partition coefficient (Wildman–Crippen LogP) is -4.14. The number of methoxy groups -OCH3 is 2. The average Bonchev–Trinajstić information content (AvgIpc) is 2.70. The van der Waals surface area contributed by atoms with Crippen LogP contribution in [0.1, 0.15) is 0 Å². The Balaban J connectivity index is 2.30. The summed E-state index contributed by atoms with van der Waals surface area (Å²) in [6.07, 6.45) is -14.8. The predicted molar refractivity (Wildman–Crippen MR) is 97.7 cm³/mol. The zero-order valence-electron chi connectivity index (χ0n) is 16.8. The number of aliphatic hydroxyl groups excluding tert-OH is 4. The summed E-state index contributed by atoms with van der Waals surface area (Å²) in [5, 5.41) is 50.5. The summed E-state index contributed by atoms with van der Waals surface area (Å²) in [5.41, 5.74) is 0. The molecule has 0 bridgehead atoms. The first kappa shape index (κ1) is 26.7. The van der Waals surface area contributed by atoms with Crippen molar-refractivity contribution in [3.8, 4) is 0 Å². The third kappa shape index (κ3) is 6.29. The van der Waals surface area contributed by atoms with E-state index in [0.717, 1.165) is 13.5 Å². The van der Waals surface area contributed by atoms with Crippen molar-refractivity contribution in [3.63, 3.8) is 0 Å². The lowest BCUT2D eigenvalue weighted by Gasteiger charge is -2.45. The summed E-state index contributed by atoms with van der Waals surface area (Å²) in [7, 11) is -2.64. The van der Waals surface area contributed by atoms with Gasteiger partial charge in [0.25, 0.3) is 0 Å². The van der Waals surface area contributed by atoms with Crippen molar-refractivity contribution in [1.29, 1.82) is 0 Å². The number of aliphatic imine (C=N–C) groups is 1. The van der Waals surface area contributed by atoms with Crippen LogP contribution in [0, 0.1) is 0 Å². The molecule has 186 valence electrons. The van der Waals surface area contributed by atoms with Crippen molar-refractivity contribution in [2.24, 2.45) is 4.99 Å². The maximum Gasteiger partial charge on any atom is 0.397 e. The van der Waals surface area contributed by atoms with E-state index >= 15 is 0 Å². The van der Waals surface area contributed by atoms with E-state index in [4.69, 9.17) is 23.5 Å². The average molecular weight is 491 g/mol. The highest BCUT2D eigenvalue weighted by Crippen LogP contribution is 2.30. The Morgan fingerprint density at radius 1 is 1.06 bits per heavy atom. The van der Waals surface area contributed by atoms with E-state index in [1.54, 1.807) is 0 Å². The minimum absolute atomic E-state index is 0.867. The van der Waals surface area contributed by atoms with Gasteiger partial charge in [-0.25, -0.2) is 14.0 Å². The van der Waals surface area contributed by atoms with Gasteiger partial charge >= 0.3 is 16.4 Å². The van der Waals surface area contributed by atoms with E-state index in [1.165, 1.54) is 7.11 Å². The highest BCUT2D eigenvalue weighted by Gasteiger charge is 2.52. The van der Waals surface area contributed by atoms with Crippen molar-refractivity contribution in [1.82, 2.24) is 0 Å². The molecule has 2 heterocycles. The fourth-order valence-electron chi connectivity index (χ4n) is 3.23. The molecular weight excluding hydrogens is 466 g/mol. The number of aliphatic carboxylic acids is 1. The second-order valence-corrected chi connectivity index (χ2v) is 7.89. The number of carboxylic acids is 1. The van der Waals surface area contributed by atoms with Gasteiger partial charge in [0.15, 0.2) is 25.1 Å². The number of ether oxygens (including phenoxy) is 5. The van der Waals surface area contributed by atoms with Crippen LogP contribution < -0.4 is 0 Å². The van der Waals surface area contributed by atoms with Crippen molar-refractivity contribution < 1.29 is 71.2 Å². The number of aliphatic hydroxyl groups is 4. The Morgan fingerprint density at radius 3 is 2.25 bits per heavy atom. The zero-order valence-corrected chi connectivity index (χ0v) is 17.6. The Morgan fingerprint density at radius 2 is 1.72 bits per heavy atom. The number of carboxylic acid groups (broad SMARTS) is 1. The second kappa shape index (κ2) is 11.1. The first-order valence-corrected chi connectivity index (χ1v) is 10.4. The molecular formula is C15H25NO15S. The summed E-state index contributed by atoms with van der Waals surface area (Å²) >= 11 is 0. The fourth-order valence-corrected chi connectivity index (χ4v) is 3.54. The molecule has 10 atom stereocenters. The normalized spacial score (nSPS) is 41.0. The molecule has 0 radical (unpaired) electrons. The molecule has 2 fully saturated rings.